The van der Waals surface area contributed by atoms with Crippen molar-refractivity contribution in [3.63, 3.8) is 0 Å². The van der Waals surface area contributed by atoms with Gasteiger partial charge in [0.15, 0.2) is 0 Å². The van der Waals surface area contributed by atoms with Crippen LogP contribution < -0.4 is 0 Å². The van der Waals surface area contributed by atoms with Crippen LogP contribution in [-0.4, -0.2) is 4.98 Å². The van der Waals surface area contributed by atoms with E-state index in [0.29, 0.717) is 0 Å². The van der Waals surface area contributed by atoms with Gasteiger partial charge in [0.05, 0.1) is 5.69 Å². The van der Waals surface area contributed by atoms with Crippen LogP contribution in [-0.2, 0) is 0 Å². The van der Waals surface area contributed by atoms with Gasteiger partial charge in [-0.25, -0.2) is 0 Å². The van der Waals surface area contributed by atoms with Gasteiger partial charge in [-0.3, -0.25) is 0 Å². The first kappa shape index (κ1) is 5.61. The molecule has 11 heavy (non-hydrogen) atoms. The highest BCUT2D eigenvalue weighted by Crippen LogP contribution is 2.50. The monoisotopic (exact) mass is 161 g/mol. The van der Waals surface area contributed by atoms with Crippen molar-refractivity contribution in [2.75, 3.05) is 0 Å². The molecule has 1 aliphatic carbocycles. The summed E-state index contributed by atoms with van der Waals surface area (Å²) < 4.78 is 0. The number of hydrogen-bond donors (Lipinski definition) is 1. The molecule has 2 aromatic heterocycles. The topological polar surface area (TPSA) is 15.8 Å². The maximum Gasteiger partial charge on any atom is 0.0559 e. The van der Waals surface area contributed by atoms with Crippen LogP contribution in [0.2, 0.25) is 0 Å². The van der Waals surface area contributed by atoms with Gasteiger partial charge < -0.3 is 4.98 Å². The average Bonchev–Trinajstić information content (AvgIpc) is 2.49. The van der Waals surface area contributed by atoms with E-state index in [2.05, 4.69) is 29.4 Å². The Labute approximate surface area is 68.7 Å². The molecule has 0 atom stereocenters. The fraction of sp³-hybridized carbons (Fsp3) is 0.111. The Balaban J connectivity index is 2.36. The Morgan fingerprint density at radius 1 is 1.36 bits per heavy atom. The lowest BCUT2D eigenvalue weighted by molar-refractivity contribution is 1.27. The van der Waals surface area contributed by atoms with Crippen molar-refractivity contribution >= 4 is 11.3 Å². The summed E-state index contributed by atoms with van der Waals surface area (Å²) >= 11 is 1.83. The zero-order valence-corrected chi connectivity index (χ0v) is 6.96. The zero-order chi connectivity index (χ0) is 7.42. The third-order valence-electron chi connectivity index (χ3n) is 2.13. The SMILES string of the molecule is Cc1cc2c([nH]1)-c1ccsc1-2. The quantitative estimate of drug-likeness (QED) is 0.521. The summed E-state index contributed by atoms with van der Waals surface area (Å²) in [6.45, 7) is 2.10. The number of nitrogens with one attached hydrogen (secondary N) is 1. The van der Waals surface area contributed by atoms with Gasteiger partial charge in [0.2, 0.25) is 0 Å². The molecule has 1 N–H and O–H groups in total. The Hall–Kier alpha value is -1.02. The Morgan fingerprint density at radius 2 is 2.27 bits per heavy atom. The van der Waals surface area contributed by atoms with E-state index in [1.807, 2.05) is 11.3 Å². The minimum Gasteiger partial charge on any atom is -0.358 e. The van der Waals surface area contributed by atoms with Gasteiger partial charge in [0, 0.05) is 21.7 Å². The van der Waals surface area contributed by atoms with Crippen LogP contribution in [0.4, 0.5) is 0 Å². The molecule has 0 aromatic carbocycles. The number of fused-ring (bicyclic) bond motifs is 4. The summed E-state index contributed by atoms with van der Waals surface area (Å²) in [6, 6.07) is 4.40. The molecule has 0 bridgehead atoms. The maximum absolute atomic E-state index is 3.34. The van der Waals surface area contributed by atoms with Crippen LogP contribution >= 0.6 is 11.3 Å². The second kappa shape index (κ2) is 1.59. The number of aromatic amines is 1. The van der Waals surface area contributed by atoms with E-state index in [0.717, 1.165) is 0 Å². The molecule has 54 valence electrons. The van der Waals surface area contributed by atoms with Gasteiger partial charge in [0.25, 0.3) is 0 Å². The maximum atomic E-state index is 3.34. The second-order valence-corrected chi connectivity index (χ2v) is 3.82. The smallest absolute Gasteiger partial charge is 0.0559 e. The third kappa shape index (κ3) is 0.521. The molecule has 1 aliphatic rings. The van der Waals surface area contributed by atoms with Crippen LogP contribution in [0.3, 0.4) is 0 Å². The minimum absolute atomic E-state index is 1.26. The van der Waals surface area contributed by atoms with Gasteiger partial charge >= 0.3 is 0 Å². The average molecular weight is 161 g/mol. The number of aromatic nitrogens is 1. The molecule has 1 nitrogen and oxygen atoms in total. The van der Waals surface area contributed by atoms with Crippen molar-refractivity contribution < 1.29 is 0 Å². The molecule has 0 amide bonds. The van der Waals surface area contributed by atoms with E-state index in [1.165, 1.54) is 27.4 Å². The first-order valence-corrected chi connectivity index (χ1v) is 4.52. The molecule has 0 radical (unpaired) electrons. The van der Waals surface area contributed by atoms with Crippen LogP contribution in [0.15, 0.2) is 17.5 Å². The molecule has 2 heterocycles. The van der Waals surface area contributed by atoms with Crippen LogP contribution in [0, 0.1) is 6.92 Å². The Bertz CT molecular complexity index is 386. The zero-order valence-electron chi connectivity index (χ0n) is 6.14. The van der Waals surface area contributed by atoms with Crippen LogP contribution in [0.1, 0.15) is 5.69 Å². The third-order valence-corrected chi connectivity index (χ3v) is 3.08. The summed E-state index contributed by atoms with van der Waals surface area (Å²) in [5.74, 6) is 0. The van der Waals surface area contributed by atoms with Crippen molar-refractivity contribution in [2.24, 2.45) is 0 Å². The number of thiophene rings is 1. The first-order chi connectivity index (χ1) is 5.36. The molecule has 2 aromatic rings. The van der Waals surface area contributed by atoms with Crippen LogP contribution in [0.25, 0.3) is 21.7 Å². The standard InChI is InChI=1S/C9H7NS/c1-5-4-7-8(10-5)6-2-3-11-9(6)7/h2-4,10H,1H3. The van der Waals surface area contributed by atoms with Gasteiger partial charge in [0.1, 0.15) is 0 Å². The van der Waals surface area contributed by atoms with E-state index in [9.17, 15) is 0 Å². The second-order valence-electron chi connectivity index (χ2n) is 2.90. The fourth-order valence-corrected chi connectivity index (χ4v) is 2.56. The highest BCUT2D eigenvalue weighted by atomic mass is 32.1. The van der Waals surface area contributed by atoms with Gasteiger partial charge in [-0.05, 0) is 24.4 Å². The predicted octanol–water partition coefficient (Wildman–Crippen LogP) is 3.03. The lowest BCUT2D eigenvalue weighted by Gasteiger charge is -2.12. The van der Waals surface area contributed by atoms with Gasteiger partial charge in [-0.15, -0.1) is 11.3 Å². The molecule has 0 spiro atoms. The number of aryl methyl sites for hydroxylation is 1. The number of H-pyrrole nitrogens is 1. The molecular formula is C9H7NS. The van der Waals surface area contributed by atoms with Gasteiger partial charge in [-0.1, -0.05) is 0 Å². The predicted molar refractivity (Wildman–Crippen MR) is 47.8 cm³/mol. The first-order valence-electron chi connectivity index (χ1n) is 3.64. The molecule has 0 aliphatic heterocycles. The summed E-state index contributed by atoms with van der Waals surface area (Å²) in [5.41, 5.74) is 5.41. The van der Waals surface area contributed by atoms with E-state index >= 15 is 0 Å². The number of rotatable bonds is 0. The van der Waals surface area contributed by atoms with E-state index in [-0.39, 0.29) is 0 Å². The van der Waals surface area contributed by atoms with E-state index in [1.54, 1.807) is 0 Å². The molecule has 0 fully saturated rings. The minimum atomic E-state index is 1.26. The highest BCUT2D eigenvalue weighted by Gasteiger charge is 2.25. The molecule has 0 unspecified atom stereocenters. The molecule has 0 saturated heterocycles. The van der Waals surface area contributed by atoms with Crippen molar-refractivity contribution in [3.8, 4) is 21.7 Å². The Morgan fingerprint density at radius 3 is 3.18 bits per heavy atom. The molecular weight excluding hydrogens is 154 g/mol. The van der Waals surface area contributed by atoms with Crippen molar-refractivity contribution in [1.29, 1.82) is 0 Å². The molecule has 3 rings (SSSR count). The molecule has 2 heteroatoms. The normalized spacial score (nSPS) is 12.1. The summed E-state index contributed by atoms with van der Waals surface area (Å²) in [5, 5.41) is 2.15. The summed E-state index contributed by atoms with van der Waals surface area (Å²) in [4.78, 5) is 4.79. The Kier molecular flexibility index (Phi) is 0.809. The van der Waals surface area contributed by atoms with Crippen molar-refractivity contribution in [3.05, 3.63) is 23.2 Å². The summed E-state index contributed by atoms with van der Waals surface area (Å²) in [7, 11) is 0. The van der Waals surface area contributed by atoms with Crippen molar-refractivity contribution in [1.82, 2.24) is 4.98 Å². The number of hydrogen-bond acceptors (Lipinski definition) is 1. The summed E-state index contributed by atoms with van der Waals surface area (Å²) in [6.07, 6.45) is 0. The largest absolute Gasteiger partial charge is 0.358 e. The van der Waals surface area contributed by atoms with Gasteiger partial charge in [-0.2, -0.15) is 0 Å². The fourth-order valence-electron chi connectivity index (χ4n) is 1.63. The van der Waals surface area contributed by atoms with Crippen LogP contribution in [0.5, 0.6) is 0 Å². The van der Waals surface area contributed by atoms with E-state index in [4.69, 9.17) is 0 Å². The highest BCUT2D eigenvalue weighted by molar-refractivity contribution is 7.14. The van der Waals surface area contributed by atoms with Crippen molar-refractivity contribution in [2.45, 2.75) is 6.92 Å². The van der Waals surface area contributed by atoms with E-state index < -0.39 is 0 Å². The molecule has 0 saturated carbocycles. The lowest BCUT2D eigenvalue weighted by Crippen LogP contribution is -1.89. The lowest BCUT2D eigenvalue weighted by atomic mass is 9.96.